The fraction of sp³-hybridized carbons (Fsp3) is 0.652. The zero-order valence-corrected chi connectivity index (χ0v) is 36.8. The second-order valence-corrected chi connectivity index (χ2v) is 17.6. The van der Waals surface area contributed by atoms with E-state index in [4.69, 9.17) is 42.7 Å². The standard InChI is InChI=1S/C45H64O14.CO2/c1-9-11-12-13-14-15-38(49)57-41-35-24-39(50)56-40(35)36-22-34(26-46)53-27(3)18-30(48)21-32-23-37(54-28(4)47)43(7,8)44(51,58-32)25-33-20-29(10-2)19-31(55-33)16-17-42(5,6)45(41,52)59-36;2-1-3/h10,12-17,24,30-34,36-37,40-41,46,48,51-52H,3,9,11,18-23,25-26H2,1-2,4-8H3;/b13-12+,15-14+,17-16+,29-10+;/t30-,31-,32+,33-,34+,36+,37-,40+,41-,44-,45+;/m0./s1. The van der Waals surface area contributed by atoms with Crippen LogP contribution in [0.4, 0.5) is 0 Å². The van der Waals surface area contributed by atoms with E-state index in [1.165, 1.54) is 25.2 Å². The van der Waals surface area contributed by atoms with E-state index in [1.807, 2.05) is 26.0 Å². The summed E-state index contributed by atoms with van der Waals surface area (Å²) in [6.45, 7) is 15.7. The summed E-state index contributed by atoms with van der Waals surface area (Å²) in [5, 5.41) is 47.1. The Balaban J connectivity index is 0.00000273. The molecule has 0 saturated carbocycles. The third-order valence-corrected chi connectivity index (χ3v) is 12.2. The number of carbonyl (C=O) groups is 3. The number of esters is 3. The van der Waals surface area contributed by atoms with Gasteiger partial charge in [-0.05, 0) is 26.2 Å². The maximum absolute atomic E-state index is 13.3. The fourth-order valence-electron chi connectivity index (χ4n) is 8.67. The molecule has 62 heavy (non-hydrogen) atoms. The van der Waals surface area contributed by atoms with Gasteiger partial charge in [0.15, 0.2) is 18.0 Å². The summed E-state index contributed by atoms with van der Waals surface area (Å²) in [5.41, 5.74) is -1.21. The minimum absolute atomic E-state index is 0.000902. The minimum atomic E-state index is -2.31. The monoisotopic (exact) mass is 872 g/mol. The van der Waals surface area contributed by atoms with Crippen LogP contribution in [0.15, 0.2) is 72.1 Å². The Morgan fingerprint density at radius 3 is 2.35 bits per heavy atom. The van der Waals surface area contributed by atoms with Gasteiger partial charge in [0.05, 0.1) is 42.2 Å². The van der Waals surface area contributed by atoms with Crippen molar-refractivity contribution >= 4 is 24.1 Å². The molecule has 0 aromatic rings. The van der Waals surface area contributed by atoms with Crippen molar-refractivity contribution in [1.29, 1.82) is 0 Å². The first kappa shape index (κ1) is 50.4. The van der Waals surface area contributed by atoms with Crippen LogP contribution in [0.25, 0.3) is 0 Å². The van der Waals surface area contributed by atoms with Gasteiger partial charge in [-0.15, -0.1) is 0 Å². The Labute approximate surface area is 363 Å². The molecule has 5 aliphatic heterocycles. The van der Waals surface area contributed by atoms with Gasteiger partial charge in [0.25, 0.3) is 0 Å². The molecule has 0 aliphatic carbocycles. The normalized spacial score (nSPS) is 37.0. The molecule has 0 spiro atoms. The Morgan fingerprint density at radius 1 is 1.00 bits per heavy atom. The molecule has 4 N–H and O–H groups in total. The Morgan fingerprint density at radius 2 is 1.71 bits per heavy atom. The Bertz CT molecular complexity index is 1800. The van der Waals surface area contributed by atoms with Crippen molar-refractivity contribution in [1.82, 2.24) is 0 Å². The molecular formula is C46H64O16. The summed E-state index contributed by atoms with van der Waals surface area (Å²) in [7, 11) is 0. The summed E-state index contributed by atoms with van der Waals surface area (Å²) in [6, 6.07) is 0. The third kappa shape index (κ3) is 12.1. The van der Waals surface area contributed by atoms with Crippen LogP contribution in [0.5, 0.6) is 0 Å². The SMILES string of the molecule is C=C1C[C@H](O)C[C@@H]2C[C@H](OC(C)=O)C(C)(C)[C@](O)(C[C@@H]3C/C(=C/C)C[C@H](/C=C/C(C)(C)[C@]4(O)O[C@H](C[C@H](CO)O1)[C@@H]1OC(=O)C=C1[C@@H]4OC(=O)/C=C/C=C/CCC)O3)O2.O=C=O. The van der Waals surface area contributed by atoms with E-state index < -0.39 is 102 Å². The fourth-order valence-corrected chi connectivity index (χ4v) is 8.67. The van der Waals surface area contributed by atoms with Gasteiger partial charge in [-0.3, -0.25) is 4.79 Å². The Hall–Kier alpha value is -4.25. The van der Waals surface area contributed by atoms with Crippen LogP contribution in [-0.2, 0) is 57.1 Å². The van der Waals surface area contributed by atoms with Gasteiger partial charge in [-0.1, -0.05) is 89.6 Å². The van der Waals surface area contributed by atoms with Crippen molar-refractivity contribution in [2.75, 3.05) is 6.61 Å². The molecule has 0 aromatic carbocycles. The van der Waals surface area contributed by atoms with E-state index in [2.05, 4.69) is 6.58 Å². The van der Waals surface area contributed by atoms with Gasteiger partial charge < -0.3 is 53.6 Å². The van der Waals surface area contributed by atoms with Crippen molar-refractivity contribution in [3.63, 3.8) is 0 Å². The van der Waals surface area contributed by atoms with Crippen molar-refractivity contribution in [2.45, 2.75) is 173 Å². The molecule has 344 valence electrons. The molecular weight excluding hydrogens is 808 g/mol. The van der Waals surface area contributed by atoms with Gasteiger partial charge in [0.2, 0.25) is 5.79 Å². The van der Waals surface area contributed by atoms with Crippen LogP contribution in [0.3, 0.4) is 0 Å². The largest absolute Gasteiger partial charge is 0.493 e. The molecule has 0 radical (unpaired) electrons. The quantitative estimate of drug-likeness (QED) is 0.0907. The first-order valence-electron chi connectivity index (χ1n) is 21.2. The van der Waals surface area contributed by atoms with E-state index >= 15 is 0 Å². The molecule has 16 nitrogen and oxygen atoms in total. The van der Waals surface area contributed by atoms with E-state index in [0.29, 0.717) is 12.8 Å². The van der Waals surface area contributed by atoms with Gasteiger partial charge in [-0.25, -0.2) is 9.59 Å². The number of unbranched alkanes of at least 4 members (excludes halogenated alkanes) is 1. The number of aliphatic hydroxyl groups excluding tert-OH is 2. The first-order chi connectivity index (χ1) is 29.1. The van der Waals surface area contributed by atoms with E-state index in [9.17, 15) is 34.8 Å². The van der Waals surface area contributed by atoms with Crippen LogP contribution >= 0.6 is 0 Å². The third-order valence-electron chi connectivity index (χ3n) is 12.2. The molecule has 0 aromatic heterocycles. The smallest absolute Gasteiger partial charge is 0.373 e. The van der Waals surface area contributed by atoms with Crippen LogP contribution in [-0.4, -0.2) is 118 Å². The molecule has 5 heterocycles. The second kappa shape index (κ2) is 21.4. The molecule has 0 unspecified atom stereocenters. The lowest BCUT2D eigenvalue weighted by molar-refractivity contribution is -0.348. The zero-order chi connectivity index (χ0) is 46.0. The van der Waals surface area contributed by atoms with Crippen LogP contribution < -0.4 is 0 Å². The van der Waals surface area contributed by atoms with Gasteiger partial charge in [0, 0.05) is 62.2 Å². The van der Waals surface area contributed by atoms with Crippen molar-refractivity contribution in [3.05, 3.63) is 72.1 Å². The van der Waals surface area contributed by atoms with Crippen LogP contribution in [0, 0.1) is 10.8 Å². The highest BCUT2D eigenvalue weighted by molar-refractivity contribution is 5.87. The number of aliphatic hydroxyl groups is 4. The summed E-state index contributed by atoms with van der Waals surface area (Å²) >= 11 is 0. The summed E-state index contributed by atoms with van der Waals surface area (Å²) < 4.78 is 43.0. The highest BCUT2D eigenvalue weighted by atomic mass is 16.7. The van der Waals surface area contributed by atoms with Crippen LogP contribution in [0.1, 0.15) is 106 Å². The van der Waals surface area contributed by atoms with Gasteiger partial charge in [-0.2, -0.15) is 9.59 Å². The topological polar surface area (TPSA) is 231 Å². The molecule has 6 bridgehead atoms. The predicted octanol–water partition coefficient (Wildman–Crippen LogP) is 4.50. The predicted molar refractivity (Wildman–Crippen MR) is 220 cm³/mol. The second-order valence-electron chi connectivity index (χ2n) is 17.6. The van der Waals surface area contributed by atoms with Gasteiger partial charge >= 0.3 is 24.1 Å². The van der Waals surface area contributed by atoms with Crippen LogP contribution in [0.2, 0.25) is 0 Å². The van der Waals surface area contributed by atoms with E-state index in [0.717, 1.165) is 18.4 Å². The minimum Gasteiger partial charge on any atom is -0.493 e. The first-order valence-corrected chi connectivity index (χ1v) is 21.2. The van der Waals surface area contributed by atoms with Gasteiger partial charge in [0.1, 0.15) is 18.3 Å². The maximum atomic E-state index is 13.3. The molecule has 5 rings (SSSR count). The molecule has 3 fully saturated rings. The number of fused-ring (bicyclic) bond motifs is 8. The number of hydrogen-bond donors (Lipinski definition) is 4. The molecule has 5 aliphatic rings. The lowest BCUT2D eigenvalue weighted by Gasteiger charge is -2.53. The van der Waals surface area contributed by atoms with Crippen molar-refractivity contribution in [2.24, 2.45) is 10.8 Å². The number of allylic oxidation sites excluding steroid dienone is 4. The summed E-state index contributed by atoms with van der Waals surface area (Å²) in [6.07, 6.45) is 7.75. The molecule has 16 heteroatoms. The number of carbonyl (C=O) groups excluding carboxylic acids is 5. The lowest BCUT2D eigenvalue weighted by Crippen LogP contribution is -2.65. The summed E-state index contributed by atoms with van der Waals surface area (Å²) in [5.74, 6) is -6.07. The Kier molecular flexibility index (Phi) is 17.4. The highest BCUT2D eigenvalue weighted by Crippen LogP contribution is 2.51. The molecule has 3 saturated heterocycles. The maximum Gasteiger partial charge on any atom is 0.373 e. The molecule has 0 amide bonds. The number of rotatable bonds is 7. The highest BCUT2D eigenvalue weighted by Gasteiger charge is 2.63. The van der Waals surface area contributed by atoms with Crippen molar-refractivity contribution < 1.29 is 77.6 Å². The average Bonchev–Trinajstić information content (AvgIpc) is 3.58. The summed E-state index contributed by atoms with van der Waals surface area (Å²) in [4.78, 5) is 54.8. The average molecular weight is 873 g/mol. The van der Waals surface area contributed by atoms with E-state index in [1.54, 1.807) is 45.9 Å². The molecule has 11 atom stereocenters. The number of ether oxygens (including phenoxy) is 7. The number of hydrogen-bond acceptors (Lipinski definition) is 16. The van der Waals surface area contributed by atoms with Crippen molar-refractivity contribution in [3.8, 4) is 0 Å². The zero-order valence-electron chi connectivity index (χ0n) is 36.8. The lowest BCUT2D eigenvalue weighted by atomic mass is 9.70. The van der Waals surface area contributed by atoms with E-state index in [-0.39, 0.29) is 49.6 Å².